The third-order valence-electron chi connectivity index (χ3n) is 5.33. The molecule has 1 heterocycles. The lowest BCUT2D eigenvalue weighted by Gasteiger charge is -2.29. The number of rotatable bonds is 6. The Balaban J connectivity index is 1.77. The second kappa shape index (κ2) is 8.75. The molecule has 27 heavy (non-hydrogen) atoms. The zero-order valence-corrected chi connectivity index (χ0v) is 15.6. The topological polar surface area (TPSA) is 9.23 Å². The van der Waals surface area contributed by atoms with Crippen molar-refractivity contribution in [3.63, 3.8) is 0 Å². The molecule has 0 aliphatic carbocycles. The fraction of sp³-hybridized carbons (Fsp3) is 0.391. The van der Waals surface area contributed by atoms with Crippen LogP contribution in [0.3, 0.4) is 0 Å². The number of halogens is 3. The molecule has 1 fully saturated rings. The maximum Gasteiger partial charge on any atom is 0.167 e. The zero-order chi connectivity index (χ0) is 19.4. The van der Waals surface area contributed by atoms with Crippen LogP contribution in [0.2, 0.25) is 0 Å². The van der Waals surface area contributed by atoms with Crippen LogP contribution in [-0.4, -0.2) is 12.7 Å². The highest BCUT2D eigenvalue weighted by atomic mass is 19.2. The molecule has 0 spiro atoms. The van der Waals surface area contributed by atoms with Crippen molar-refractivity contribution in [1.82, 2.24) is 0 Å². The van der Waals surface area contributed by atoms with Gasteiger partial charge in [-0.15, -0.1) is 0 Å². The van der Waals surface area contributed by atoms with E-state index in [0.717, 1.165) is 32.1 Å². The Morgan fingerprint density at radius 3 is 2.56 bits per heavy atom. The van der Waals surface area contributed by atoms with Gasteiger partial charge in [-0.3, -0.25) is 0 Å². The van der Waals surface area contributed by atoms with Crippen LogP contribution in [0.4, 0.5) is 13.2 Å². The summed E-state index contributed by atoms with van der Waals surface area (Å²) < 4.78 is 48.9. The summed E-state index contributed by atoms with van der Waals surface area (Å²) in [6.07, 6.45) is 6.66. The fourth-order valence-electron chi connectivity index (χ4n) is 3.68. The quantitative estimate of drug-likeness (QED) is 0.536. The standard InChI is InChI=1S/C23H25F3O/c1-3-5-6-18-10-7-17(14-27-18)19-11-9-16(13-21(19)24)20-12-8-15(4-2)22(25)23(20)26/h4,8-9,11-13,17-18H,2-3,5-7,10,14H2,1H3. The third kappa shape index (κ3) is 4.27. The van der Waals surface area contributed by atoms with Gasteiger partial charge in [0.05, 0.1) is 12.7 Å². The highest BCUT2D eigenvalue weighted by molar-refractivity contribution is 5.67. The van der Waals surface area contributed by atoms with Crippen molar-refractivity contribution in [2.45, 2.75) is 51.0 Å². The molecular formula is C23H25F3O. The first-order chi connectivity index (χ1) is 13.0. The van der Waals surface area contributed by atoms with Crippen molar-refractivity contribution in [2.75, 3.05) is 6.61 Å². The van der Waals surface area contributed by atoms with E-state index >= 15 is 0 Å². The van der Waals surface area contributed by atoms with E-state index in [1.807, 2.05) is 0 Å². The van der Waals surface area contributed by atoms with E-state index in [0.29, 0.717) is 17.7 Å². The van der Waals surface area contributed by atoms with Gasteiger partial charge in [0.15, 0.2) is 11.6 Å². The maximum absolute atomic E-state index is 14.7. The molecule has 4 heteroatoms. The third-order valence-corrected chi connectivity index (χ3v) is 5.33. The highest BCUT2D eigenvalue weighted by Crippen LogP contribution is 2.34. The van der Waals surface area contributed by atoms with Crippen LogP contribution in [0.1, 0.15) is 56.1 Å². The molecule has 0 aromatic heterocycles. The first kappa shape index (κ1) is 19.7. The zero-order valence-electron chi connectivity index (χ0n) is 15.6. The number of hydrogen-bond donors (Lipinski definition) is 0. The summed E-state index contributed by atoms with van der Waals surface area (Å²) in [5, 5.41) is 0. The van der Waals surface area contributed by atoms with Crippen LogP contribution in [-0.2, 0) is 4.74 Å². The fourth-order valence-corrected chi connectivity index (χ4v) is 3.68. The molecule has 1 nitrogen and oxygen atoms in total. The predicted octanol–water partition coefficient (Wildman–Crippen LogP) is 6.87. The molecule has 0 radical (unpaired) electrons. The minimum atomic E-state index is -0.987. The van der Waals surface area contributed by atoms with Crippen LogP contribution < -0.4 is 0 Å². The monoisotopic (exact) mass is 374 g/mol. The van der Waals surface area contributed by atoms with E-state index in [4.69, 9.17) is 4.74 Å². The first-order valence-electron chi connectivity index (χ1n) is 9.57. The van der Waals surface area contributed by atoms with E-state index in [9.17, 15) is 13.2 Å². The van der Waals surface area contributed by atoms with E-state index in [-0.39, 0.29) is 23.1 Å². The lowest BCUT2D eigenvalue weighted by atomic mass is 9.88. The molecule has 0 N–H and O–H groups in total. The maximum atomic E-state index is 14.7. The molecule has 2 unspecified atom stereocenters. The Labute approximate surface area is 158 Å². The predicted molar refractivity (Wildman–Crippen MR) is 103 cm³/mol. The number of unbranched alkanes of at least 4 members (excludes halogenated alkanes) is 1. The molecule has 0 bridgehead atoms. The largest absolute Gasteiger partial charge is 0.378 e. The van der Waals surface area contributed by atoms with Gasteiger partial charge in [0.25, 0.3) is 0 Å². The van der Waals surface area contributed by atoms with Gasteiger partial charge in [-0.1, -0.05) is 56.7 Å². The summed E-state index contributed by atoms with van der Waals surface area (Å²) in [5.41, 5.74) is 1.03. The van der Waals surface area contributed by atoms with Crippen LogP contribution in [0.25, 0.3) is 17.2 Å². The van der Waals surface area contributed by atoms with E-state index in [1.54, 1.807) is 12.1 Å². The molecule has 2 aromatic rings. The average molecular weight is 374 g/mol. The van der Waals surface area contributed by atoms with Crippen molar-refractivity contribution in [1.29, 1.82) is 0 Å². The molecular weight excluding hydrogens is 349 g/mol. The van der Waals surface area contributed by atoms with Crippen molar-refractivity contribution >= 4 is 6.08 Å². The van der Waals surface area contributed by atoms with Gasteiger partial charge >= 0.3 is 0 Å². The summed E-state index contributed by atoms with van der Waals surface area (Å²) in [7, 11) is 0. The highest BCUT2D eigenvalue weighted by Gasteiger charge is 2.25. The Kier molecular flexibility index (Phi) is 6.38. The molecule has 0 saturated carbocycles. The summed E-state index contributed by atoms with van der Waals surface area (Å²) in [6, 6.07) is 7.49. The molecule has 144 valence electrons. The van der Waals surface area contributed by atoms with Crippen molar-refractivity contribution in [2.24, 2.45) is 0 Å². The molecule has 1 aliphatic heterocycles. The lowest BCUT2D eigenvalue weighted by Crippen LogP contribution is -2.25. The molecule has 1 aliphatic rings. The van der Waals surface area contributed by atoms with Crippen molar-refractivity contribution < 1.29 is 17.9 Å². The smallest absolute Gasteiger partial charge is 0.167 e. The van der Waals surface area contributed by atoms with E-state index < -0.39 is 17.5 Å². The average Bonchev–Trinajstić information content (AvgIpc) is 2.69. The Morgan fingerprint density at radius 2 is 1.93 bits per heavy atom. The minimum Gasteiger partial charge on any atom is -0.378 e. The Morgan fingerprint density at radius 1 is 1.11 bits per heavy atom. The number of hydrogen-bond acceptors (Lipinski definition) is 1. The van der Waals surface area contributed by atoms with Gasteiger partial charge in [-0.2, -0.15) is 0 Å². The van der Waals surface area contributed by atoms with Gasteiger partial charge < -0.3 is 4.74 Å². The van der Waals surface area contributed by atoms with Gasteiger partial charge in [-0.05, 0) is 36.5 Å². The van der Waals surface area contributed by atoms with Crippen LogP contribution in [0.15, 0.2) is 36.9 Å². The molecule has 2 aromatic carbocycles. The first-order valence-corrected chi connectivity index (χ1v) is 9.57. The lowest BCUT2D eigenvalue weighted by molar-refractivity contribution is -0.00249. The summed E-state index contributed by atoms with van der Waals surface area (Å²) in [5.74, 6) is -2.35. The van der Waals surface area contributed by atoms with E-state index in [2.05, 4.69) is 13.5 Å². The van der Waals surface area contributed by atoms with Crippen molar-refractivity contribution in [3.05, 3.63) is 65.5 Å². The van der Waals surface area contributed by atoms with Gasteiger partial charge in [0, 0.05) is 17.0 Å². The minimum absolute atomic E-state index is 0.00153. The van der Waals surface area contributed by atoms with Crippen LogP contribution >= 0.6 is 0 Å². The van der Waals surface area contributed by atoms with Gasteiger partial charge in [-0.25, -0.2) is 13.2 Å². The normalized spacial score (nSPS) is 19.9. The van der Waals surface area contributed by atoms with Gasteiger partial charge in [0.1, 0.15) is 5.82 Å². The summed E-state index contributed by atoms with van der Waals surface area (Å²) >= 11 is 0. The second-order valence-electron chi connectivity index (χ2n) is 7.14. The molecule has 0 amide bonds. The van der Waals surface area contributed by atoms with E-state index in [1.165, 1.54) is 24.3 Å². The number of benzene rings is 2. The Hall–Kier alpha value is -2.07. The van der Waals surface area contributed by atoms with Crippen LogP contribution in [0, 0.1) is 17.5 Å². The summed E-state index contributed by atoms with van der Waals surface area (Å²) in [4.78, 5) is 0. The molecule has 1 saturated heterocycles. The number of ether oxygens (including phenoxy) is 1. The molecule has 2 atom stereocenters. The second-order valence-corrected chi connectivity index (χ2v) is 7.14. The Bertz CT molecular complexity index is 808. The summed E-state index contributed by atoms with van der Waals surface area (Å²) in [6.45, 7) is 6.11. The van der Waals surface area contributed by atoms with Crippen LogP contribution in [0.5, 0.6) is 0 Å². The molecule has 3 rings (SSSR count). The SMILES string of the molecule is C=Cc1ccc(-c2ccc(C3CCC(CCCC)OC3)c(F)c2)c(F)c1F. The van der Waals surface area contributed by atoms with Crippen molar-refractivity contribution in [3.8, 4) is 11.1 Å². The van der Waals surface area contributed by atoms with Gasteiger partial charge in [0.2, 0.25) is 0 Å².